The molecule has 2 aromatic heterocycles. The number of fused-ring (bicyclic) bond motifs is 11. The number of para-hydroxylation sites is 1. The topological polar surface area (TPSA) is 38.9 Å². The average molecular weight is 599 g/mol. The maximum absolute atomic E-state index is 6.65. The lowest BCUT2D eigenvalue weighted by atomic mass is 9.90. The summed E-state index contributed by atoms with van der Waals surface area (Å²) in [4.78, 5) is 10.4. The predicted molar refractivity (Wildman–Crippen MR) is 196 cm³/mol. The summed E-state index contributed by atoms with van der Waals surface area (Å²) in [6.07, 6.45) is 1.93. The zero-order valence-electron chi connectivity index (χ0n) is 25.3. The maximum atomic E-state index is 6.65. The van der Waals surface area contributed by atoms with E-state index in [0.29, 0.717) is 0 Å². The molecule has 0 saturated carbocycles. The number of hydrogen-bond acceptors (Lipinski definition) is 3. The summed E-state index contributed by atoms with van der Waals surface area (Å²) in [5.41, 5.74) is 9.90. The molecule has 0 amide bonds. The standard InChI is InChI=1S/C44H26N2O/c1-2-13-28-27(12-1)24-25-40-41(28)38-23-11-22-37(44(38)47-40)33-18-4-3-14-29(33)30-15-5-8-19-34(30)39-26-45-42-35-20-9-6-16-31(35)32-17-7-10-21-36(32)43(42)46-39/h1-26H. The molecule has 0 spiro atoms. The molecule has 3 heteroatoms. The average Bonchev–Trinajstić information content (AvgIpc) is 3.54. The second kappa shape index (κ2) is 10.1. The first-order valence-electron chi connectivity index (χ1n) is 15.9. The predicted octanol–water partition coefficient (Wildman–Crippen LogP) is 12.0. The third-order valence-electron chi connectivity index (χ3n) is 9.52. The van der Waals surface area contributed by atoms with Gasteiger partial charge in [-0.3, -0.25) is 4.98 Å². The maximum Gasteiger partial charge on any atom is 0.143 e. The van der Waals surface area contributed by atoms with E-state index in [-0.39, 0.29) is 0 Å². The Hall–Kier alpha value is -6.32. The van der Waals surface area contributed by atoms with Crippen molar-refractivity contribution in [1.82, 2.24) is 9.97 Å². The highest BCUT2D eigenvalue weighted by atomic mass is 16.3. The third kappa shape index (κ3) is 3.87. The Bertz CT molecular complexity index is 2830. The quantitative estimate of drug-likeness (QED) is 0.190. The molecule has 0 aliphatic rings. The molecule has 2 heterocycles. The van der Waals surface area contributed by atoms with Crippen LogP contribution in [0.3, 0.4) is 0 Å². The van der Waals surface area contributed by atoms with Gasteiger partial charge in [-0.2, -0.15) is 0 Å². The van der Waals surface area contributed by atoms with Crippen molar-refractivity contribution in [3.05, 3.63) is 158 Å². The van der Waals surface area contributed by atoms with Crippen LogP contribution >= 0.6 is 0 Å². The molecule has 0 bridgehead atoms. The summed E-state index contributed by atoms with van der Waals surface area (Å²) in [6, 6.07) is 53.3. The molecular formula is C44H26N2O. The van der Waals surface area contributed by atoms with E-state index >= 15 is 0 Å². The number of aromatic nitrogens is 2. The lowest BCUT2D eigenvalue weighted by Crippen LogP contribution is -1.94. The summed E-state index contributed by atoms with van der Waals surface area (Å²) in [6.45, 7) is 0. The summed E-state index contributed by atoms with van der Waals surface area (Å²) >= 11 is 0. The largest absolute Gasteiger partial charge is 0.455 e. The molecule has 0 atom stereocenters. The minimum Gasteiger partial charge on any atom is -0.455 e. The van der Waals surface area contributed by atoms with Crippen LogP contribution in [0.4, 0.5) is 0 Å². The van der Waals surface area contributed by atoms with E-state index in [1.165, 1.54) is 21.5 Å². The third-order valence-corrected chi connectivity index (χ3v) is 9.52. The molecule has 47 heavy (non-hydrogen) atoms. The summed E-state index contributed by atoms with van der Waals surface area (Å²) < 4.78 is 6.65. The molecule has 0 radical (unpaired) electrons. The smallest absolute Gasteiger partial charge is 0.143 e. The highest BCUT2D eigenvalue weighted by Gasteiger charge is 2.19. The first-order chi connectivity index (χ1) is 23.3. The first kappa shape index (κ1) is 26.0. The molecule has 218 valence electrons. The van der Waals surface area contributed by atoms with Crippen molar-refractivity contribution in [3.8, 4) is 33.5 Å². The van der Waals surface area contributed by atoms with Crippen LogP contribution in [-0.4, -0.2) is 9.97 Å². The molecule has 0 aliphatic carbocycles. The fourth-order valence-electron chi connectivity index (χ4n) is 7.43. The monoisotopic (exact) mass is 598 g/mol. The van der Waals surface area contributed by atoms with Crippen LogP contribution in [0.5, 0.6) is 0 Å². The molecule has 10 rings (SSSR count). The van der Waals surface area contributed by atoms with Gasteiger partial charge in [-0.15, -0.1) is 0 Å². The Labute approximate surface area is 270 Å². The molecule has 0 saturated heterocycles. The van der Waals surface area contributed by atoms with Crippen LogP contribution < -0.4 is 0 Å². The molecular weight excluding hydrogens is 572 g/mol. The number of nitrogens with zero attached hydrogens (tertiary/aromatic N) is 2. The summed E-state index contributed by atoms with van der Waals surface area (Å²) in [5, 5.41) is 9.30. The van der Waals surface area contributed by atoms with Crippen molar-refractivity contribution >= 4 is 65.3 Å². The molecule has 0 fully saturated rings. The fourth-order valence-corrected chi connectivity index (χ4v) is 7.43. The SMILES string of the molecule is c1ccc(-c2ccccc2-c2cccc3c2oc2ccc4ccccc4c23)c(-c2cnc3c4ccccc4c4ccccc4c3n2)c1. The molecule has 8 aromatic carbocycles. The number of furan rings is 1. The van der Waals surface area contributed by atoms with Crippen LogP contribution in [0.2, 0.25) is 0 Å². The van der Waals surface area contributed by atoms with Crippen LogP contribution in [-0.2, 0) is 0 Å². The molecule has 3 nitrogen and oxygen atoms in total. The van der Waals surface area contributed by atoms with Crippen molar-refractivity contribution in [2.75, 3.05) is 0 Å². The lowest BCUT2D eigenvalue weighted by Gasteiger charge is -2.15. The van der Waals surface area contributed by atoms with E-state index in [9.17, 15) is 0 Å². The van der Waals surface area contributed by atoms with Gasteiger partial charge in [-0.05, 0) is 44.3 Å². The van der Waals surface area contributed by atoms with Gasteiger partial charge >= 0.3 is 0 Å². The Morgan fingerprint density at radius 2 is 0.915 bits per heavy atom. The van der Waals surface area contributed by atoms with Gasteiger partial charge in [0.05, 0.1) is 22.9 Å². The van der Waals surface area contributed by atoms with Crippen LogP contribution in [0.1, 0.15) is 0 Å². The number of hydrogen-bond donors (Lipinski definition) is 0. The number of benzene rings is 8. The fraction of sp³-hybridized carbons (Fsp3) is 0. The molecule has 0 aliphatic heterocycles. The summed E-state index contributed by atoms with van der Waals surface area (Å²) in [7, 11) is 0. The van der Waals surface area contributed by atoms with Gasteiger partial charge in [-0.25, -0.2) is 4.98 Å². The Morgan fingerprint density at radius 1 is 0.383 bits per heavy atom. The highest BCUT2D eigenvalue weighted by molar-refractivity contribution is 6.23. The van der Waals surface area contributed by atoms with E-state index < -0.39 is 0 Å². The second-order valence-corrected chi connectivity index (χ2v) is 12.1. The zero-order chi connectivity index (χ0) is 30.9. The normalized spacial score (nSPS) is 11.8. The molecule has 10 aromatic rings. The van der Waals surface area contributed by atoms with Gasteiger partial charge in [0.25, 0.3) is 0 Å². The van der Waals surface area contributed by atoms with Crippen LogP contribution in [0.15, 0.2) is 162 Å². The van der Waals surface area contributed by atoms with Gasteiger partial charge in [0, 0.05) is 32.7 Å². The van der Waals surface area contributed by atoms with E-state index in [1.807, 2.05) is 6.20 Å². The minimum absolute atomic E-state index is 0.844. The van der Waals surface area contributed by atoms with Gasteiger partial charge < -0.3 is 4.42 Å². The second-order valence-electron chi connectivity index (χ2n) is 12.1. The van der Waals surface area contributed by atoms with Gasteiger partial charge in [0.1, 0.15) is 11.2 Å². The van der Waals surface area contributed by atoms with E-state index in [4.69, 9.17) is 14.4 Å². The van der Waals surface area contributed by atoms with Crippen molar-refractivity contribution < 1.29 is 4.42 Å². The molecule has 0 N–H and O–H groups in total. The Balaban J connectivity index is 1.20. The van der Waals surface area contributed by atoms with Crippen molar-refractivity contribution in [1.29, 1.82) is 0 Å². The zero-order valence-corrected chi connectivity index (χ0v) is 25.3. The molecule has 0 unspecified atom stereocenters. The first-order valence-corrected chi connectivity index (χ1v) is 15.9. The minimum atomic E-state index is 0.844. The van der Waals surface area contributed by atoms with Crippen LogP contribution in [0, 0.1) is 0 Å². The van der Waals surface area contributed by atoms with Gasteiger partial charge in [0.15, 0.2) is 0 Å². The van der Waals surface area contributed by atoms with Crippen molar-refractivity contribution in [2.24, 2.45) is 0 Å². The van der Waals surface area contributed by atoms with Gasteiger partial charge in [-0.1, -0.05) is 146 Å². The van der Waals surface area contributed by atoms with Crippen molar-refractivity contribution in [3.63, 3.8) is 0 Å². The van der Waals surface area contributed by atoms with Gasteiger partial charge in [0.2, 0.25) is 0 Å². The highest BCUT2D eigenvalue weighted by Crippen LogP contribution is 2.44. The van der Waals surface area contributed by atoms with E-state index in [0.717, 1.165) is 77.3 Å². The van der Waals surface area contributed by atoms with E-state index in [2.05, 4.69) is 152 Å². The Morgan fingerprint density at radius 3 is 1.66 bits per heavy atom. The van der Waals surface area contributed by atoms with E-state index in [1.54, 1.807) is 0 Å². The van der Waals surface area contributed by atoms with Crippen LogP contribution in [0.25, 0.3) is 98.8 Å². The lowest BCUT2D eigenvalue weighted by molar-refractivity contribution is 0.670. The Kier molecular flexibility index (Phi) is 5.57. The van der Waals surface area contributed by atoms with Crippen molar-refractivity contribution in [2.45, 2.75) is 0 Å². The number of rotatable bonds is 3. The summed E-state index contributed by atoms with van der Waals surface area (Å²) in [5.74, 6) is 0.